The van der Waals surface area contributed by atoms with Gasteiger partial charge in [0.05, 0.1) is 0 Å². The summed E-state index contributed by atoms with van der Waals surface area (Å²) >= 11 is 1.61. The van der Waals surface area contributed by atoms with Gasteiger partial charge < -0.3 is 11.9 Å². The smallest absolute Gasteiger partial charge is 0.0160 e. The van der Waals surface area contributed by atoms with Gasteiger partial charge in [0, 0.05) is 6.20 Å². The van der Waals surface area contributed by atoms with Crippen LogP contribution in [-0.2, 0) is 18.8 Å². The number of pyridine rings is 1. The van der Waals surface area contributed by atoms with Crippen molar-refractivity contribution >= 4 is 9.42 Å². The molecule has 0 spiro atoms. The zero-order valence-electron chi connectivity index (χ0n) is 11.3. The Morgan fingerprint density at radius 3 is 2.11 bits per heavy atom. The van der Waals surface area contributed by atoms with Crippen molar-refractivity contribution in [2.24, 2.45) is 5.41 Å². The summed E-state index contributed by atoms with van der Waals surface area (Å²) in [5.41, 5.74) is 2.01. The van der Waals surface area contributed by atoms with Crippen molar-refractivity contribution in [1.29, 1.82) is 0 Å². The predicted octanol–water partition coefficient (Wildman–Crippen LogP) is 4.98. The average molecular weight is 455 g/mol. The molecule has 0 saturated heterocycles. The Bertz CT molecular complexity index is 380. The molecule has 1 nitrogen and oxygen atoms in total. The summed E-state index contributed by atoms with van der Waals surface area (Å²) in [6.07, 6.45) is 1.79. The number of aromatic nitrogens is 1. The van der Waals surface area contributed by atoms with E-state index in [9.17, 15) is 0 Å². The molecule has 0 fully saturated rings. The summed E-state index contributed by atoms with van der Waals surface area (Å²) in [4.78, 5) is 4.22. The normalized spacial score (nSPS) is 9.63. The fraction of sp³-hybridized carbons (Fsp3) is 0.250. The fourth-order valence-electron chi connectivity index (χ4n) is 1.07. The Kier molecular flexibility index (Phi) is 9.82. The third-order valence-corrected chi connectivity index (χ3v) is 1.65. The minimum Gasteiger partial charge on any atom is -0.305 e. The van der Waals surface area contributed by atoms with Crippen LogP contribution >= 0.6 is 9.42 Å². The quantitative estimate of drug-likeness (QED) is 0.554. The van der Waals surface area contributed by atoms with E-state index in [1.165, 1.54) is 0 Å². The van der Waals surface area contributed by atoms with Crippen molar-refractivity contribution < 1.29 is 18.8 Å². The first-order chi connectivity index (χ1) is 8.97. The molecule has 1 radical (unpaired) electrons. The van der Waals surface area contributed by atoms with Crippen molar-refractivity contribution in [2.45, 2.75) is 20.8 Å². The maximum Gasteiger partial charge on any atom is 0.0160 e. The van der Waals surface area contributed by atoms with Gasteiger partial charge in [-0.3, -0.25) is 0 Å². The van der Waals surface area contributed by atoms with E-state index in [1.807, 2.05) is 63.2 Å². The van der Waals surface area contributed by atoms with Gasteiger partial charge >= 0.3 is 28.2 Å². The van der Waals surface area contributed by atoms with E-state index in [0.29, 0.717) is 0 Å². The fourth-order valence-corrected chi connectivity index (χ4v) is 1.07. The molecule has 0 unspecified atom stereocenters. The molecule has 0 atom stereocenters. The Balaban J connectivity index is 0.000000396. The van der Waals surface area contributed by atoms with Gasteiger partial charge in [0.15, 0.2) is 0 Å². The first kappa shape index (κ1) is 18.3. The molecular weight excluding hydrogens is 437 g/mol. The molecule has 2 rings (SSSR count). The number of hydrogen-bond donors (Lipinski definition) is 0. The minimum atomic E-state index is 0. The Morgan fingerprint density at radius 2 is 1.68 bits per heavy atom. The van der Waals surface area contributed by atoms with E-state index in [-0.39, 0.29) is 5.41 Å². The standard InChI is InChI=1S/C11H8N.C5H10.ClH.Pt/c1-2-6-10(7-3-1)11-8-4-5-9-12-11;1-5(2,3)4;;/h1-6,8-9H;1H,2-4H3;1H;/q2*-1;;+1/p-1. The van der Waals surface area contributed by atoms with E-state index < -0.39 is 0 Å². The zero-order chi connectivity index (χ0) is 14.7. The van der Waals surface area contributed by atoms with Gasteiger partial charge in [-0.05, 0) is 11.8 Å². The SMILES string of the molecule is [CH-]C(C)(C)C.[Cl][Pt].[c-]1ccccc1-c1ccccn1. The largest absolute Gasteiger partial charge is 0.305 e. The summed E-state index contributed by atoms with van der Waals surface area (Å²) < 4.78 is 0. The monoisotopic (exact) mass is 454 g/mol. The van der Waals surface area contributed by atoms with Gasteiger partial charge in [-0.25, -0.2) is 0 Å². The van der Waals surface area contributed by atoms with E-state index >= 15 is 0 Å². The summed E-state index contributed by atoms with van der Waals surface area (Å²) in [7, 11) is 4.61. The van der Waals surface area contributed by atoms with Crippen molar-refractivity contribution in [3.8, 4) is 11.3 Å². The van der Waals surface area contributed by atoms with Crippen LogP contribution < -0.4 is 0 Å². The van der Waals surface area contributed by atoms with Crippen LogP contribution in [0.1, 0.15) is 20.8 Å². The molecule has 2 aromatic rings. The summed E-state index contributed by atoms with van der Waals surface area (Å²) in [6, 6.07) is 16.8. The number of hydrogen-bond acceptors (Lipinski definition) is 1. The van der Waals surface area contributed by atoms with Crippen LogP contribution in [0.25, 0.3) is 11.3 Å². The molecule has 1 aromatic heterocycles. The Morgan fingerprint density at radius 1 is 1.11 bits per heavy atom. The van der Waals surface area contributed by atoms with Crippen LogP contribution in [0.2, 0.25) is 0 Å². The van der Waals surface area contributed by atoms with Crippen LogP contribution in [0.3, 0.4) is 0 Å². The van der Waals surface area contributed by atoms with Crippen LogP contribution in [0.5, 0.6) is 0 Å². The second-order valence-corrected chi connectivity index (χ2v) is 4.86. The van der Waals surface area contributed by atoms with Crippen LogP contribution in [0.15, 0.2) is 48.7 Å². The third kappa shape index (κ3) is 10.9. The first-order valence-electron chi connectivity index (χ1n) is 5.76. The molecule has 0 aliphatic heterocycles. The van der Waals surface area contributed by atoms with E-state index in [0.717, 1.165) is 11.3 Å². The van der Waals surface area contributed by atoms with Crippen LogP contribution in [-0.4, -0.2) is 4.98 Å². The number of halogens is 1. The molecule has 106 valence electrons. The van der Waals surface area contributed by atoms with Crippen LogP contribution in [0, 0.1) is 18.4 Å². The number of nitrogens with zero attached hydrogens (tertiary/aromatic N) is 1. The topological polar surface area (TPSA) is 12.9 Å². The molecule has 1 heterocycles. The molecule has 1 aromatic carbocycles. The number of benzene rings is 1. The molecule has 0 saturated carbocycles. The van der Waals surface area contributed by atoms with E-state index in [2.05, 4.69) is 20.5 Å². The Labute approximate surface area is 132 Å². The summed E-state index contributed by atoms with van der Waals surface area (Å²) in [5, 5.41) is 0. The molecular formula is C16H18ClNPt-2. The van der Waals surface area contributed by atoms with Gasteiger partial charge in [-0.15, -0.1) is 35.9 Å². The summed E-state index contributed by atoms with van der Waals surface area (Å²) in [5.74, 6) is 0. The molecule has 0 aliphatic rings. The van der Waals surface area contributed by atoms with Gasteiger partial charge in [-0.2, -0.15) is 5.41 Å². The second kappa shape index (κ2) is 10.2. The maximum atomic E-state index is 5.35. The van der Waals surface area contributed by atoms with Crippen LogP contribution in [0.4, 0.5) is 0 Å². The molecule has 0 aliphatic carbocycles. The first-order valence-corrected chi connectivity index (χ1v) is 8.57. The third-order valence-electron chi connectivity index (χ3n) is 1.65. The molecule has 0 amide bonds. The van der Waals surface area contributed by atoms with Crippen molar-refractivity contribution in [3.63, 3.8) is 0 Å². The van der Waals surface area contributed by atoms with Crippen molar-refractivity contribution in [2.75, 3.05) is 0 Å². The maximum absolute atomic E-state index is 5.35. The van der Waals surface area contributed by atoms with Crippen molar-refractivity contribution in [3.05, 3.63) is 61.7 Å². The number of rotatable bonds is 1. The van der Waals surface area contributed by atoms with E-state index in [1.54, 1.807) is 25.0 Å². The van der Waals surface area contributed by atoms with Gasteiger partial charge in [0.1, 0.15) is 0 Å². The van der Waals surface area contributed by atoms with Gasteiger partial charge in [0.25, 0.3) is 0 Å². The predicted molar refractivity (Wildman–Crippen MR) is 78.1 cm³/mol. The zero-order valence-corrected chi connectivity index (χ0v) is 14.4. The molecule has 0 bridgehead atoms. The van der Waals surface area contributed by atoms with Gasteiger partial charge in [0.2, 0.25) is 0 Å². The molecule has 3 heteroatoms. The van der Waals surface area contributed by atoms with Crippen molar-refractivity contribution in [1.82, 2.24) is 4.98 Å². The summed E-state index contributed by atoms with van der Waals surface area (Å²) in [6.45, 7) is 11.2. The minimum absolute atomic E-state index is 0. The molecule has 0 N–H and O–H groups in total. The second-order valence-electron chi connectivity index (χ2n) is 4.86. The average Bonchev–Trinajstić information content (AvgIpc) is 2.41. The van der Waals surface area contributed by atoms with Gasteiger partial charge in [-0.1, -0.05) is 32.9 Å². The molecule has 19 heavy (non-hydrogen) atoms. The van der Waals surface area contributed by atoms with E-state index in [4.69, 9.17) is 6.92 Å². The Hall–Kier alpha value is -0.652.